The molecule has 0 radical (unpaired) electrons. The second-order valence-electron chi connectivity index (χ2n) is 11.8. The van der Waals surface area contributed by atoms with Gasteiger partial charge in [-0.2, -0.15) is 13.2 Å². The Bertz CT molecular complexity index is 1370. The van der Waals surface area contributed by atoms with Crippen molar-refractivity contribution < 1.29 is 27.6 Å². The predicted molar refractivity (Wildman–Crippen MR) is 155 cm³/mol. The van der Waals surface area contributed by atoms with Crippen molar-refractivity contribution in [3.63, 3.8) is 0 Å². The van der Waals surface area contributed by atoms with Gasteiger partial charge in [0.15, 0.2) is 0 Å². The lowest BCUT2D eigenvalue weighted by molar-refractivity contribution is -0.138. The van der Waals surface area contributed by atoms with E-state index in [0.717, 1.165) is 44.6 Å². The van der Waals surface area contributed by atoms with E-state index in [1.165, 1.54) is 27.5 Å². The highest BCUT2D eigenvalue weighted by atomic mass is 19.4. The number of carbonyl (C=O) groups excluding carboxylic acids is 3. The molecule has 0 spiro atoms. The fourth-order valence-electron chi connectivity index (χ4n) is 6.35. The molecule has 3 heterocycles. The van der Waals surface area contributed by atoms with Crippen molar-refractivity contribution >= 4 is 17.8 Å². The summed E-state index contributed by atoms with van der Waals surface area (Å²) in [6.07, 6.45) is -2.91. The van der Waals surface area contributed by atoms with E-state index in [2.05, 4.69) is 27.7 Å². The number of likely N-dealkylation sites (N-methyl/N-ethyl adjacent to an activating group) is 1. The van der Waals surface area contributed by atoms with Crippen LogP contribution in [0.4, 0.5) is 18.0 Å². The van der Waals surface area contributed by atoms with Crippen LogP contribution in [0.3, 0.4) is 0 Å². The molecule has 1 saturated heterocycles. The molecule has 230 valence electrons. The van der Waals surface area contributed by atoms with Gasteiger partial charge in [-0.3, -0.25) is 19.4 Å². The first kappa shape index (κ1) is 30.6. The van der Waals surface area contributed by atoms with E-state index in [-0.39, 0.29) is 30.0 Å². The maximum absolute atomic E-state index is 14.0. The van der Waals surface area contributed by atoms with E-state index in [1.807, 2.05) is 32.0 Å². The maximum Gasteiger partial charge on any atom is 0.416 e. The number of amides is 4. The molecule has 0 unspecified atom stereocenters. The number of halogens is 3. The van der Waals surface area contributed by atoms with E-state index in [1.54, 1.807) is 6.92 Å². The molecule has 2 aromatic carbocycles. The lowest BCUT2D eigenvalue weighted by Gasteiger charge is -2.35. The van der Waals surface area contributed by atoms with Gasteiger partial charge >= 0.3 is 12.2 Å². The van der Waals surface area contributed by atoms with Crippen LogP contribution >= 0.6 is 0 Å². The molecule has 0 aliphatic carbocycles. The number of nitrogens with zero attached hydrogens (tertiary/aromatic N) is 3. The van der Waals surface area contributed by atoms with Crippen molar-refractivity contribution in [2.45, 2.75) is 64.5 Å². The Morgan fingerprint density at radius 2 is 1.67 bits per heavy atom. The SMILES string of the molecule is CCN1C(=O)N[C@@H](c2ccc(C(F)(F)F)cc2)C2=C1CN([C@@H](C(=O)NC1CCN(Cc3ccccc3)CC1)C(C)C)C2=O. The minimum absolute atomic E-state index is 0.0173. The van der Waals surface area contributed by atoms with Gasteiger partial charge in [0.25, 0.3) is 5.91 Å². The first-order valence-corrected chi connectivity index (χ1v) is 14.8. The molecular weight excluding hydrogens is 559 g/mol. The number of benzene rings is 2. The number of alkyl halides is 3. The molecule has 8 nitrogen and oxygen atoms in total. The zero-order valence-corrected chi connectivity index (χ0v) is 24.7. The number of piperidine rings is 1. The Morgan fingerprint density at radius 1 is 1.02 bits per heavy atom. The third-order valence-corrected chi connectivity index (χ3v) is 8.56. The molecule has 43 heavy (non-hydrogen) atoms. The van der Waals surface area contributed by atoms with E-state index >= 15 is 0 Å². The molecule has 11 heteroatoms. The summed E-state index contributed by atoms with van der Waals surface area (Å²) in [7, 11) is 0. The van der Waals surface area contributed by atoms with Gasteiger partial charge in [-0.15, -0.1) is 0 Å². The van der Waals surface area contributed by atoms with Crippen LogP contribution in [0.15, 0.2) is 65.9 Å². The Morgan fingerprint density at radius 3 is 2.26 bits per heavy atom. The van der Waals surface area contributed by atoms with Gasteiger partial charge in [-0.05, 0) is 48.9 Å². The van der Waals surface area contributed by atoms with Crippen LogP contribution in [-0.2, 0) is 22.3 Å². The summed E-state index contributed by atoms with van der Waals surface area (Å²) in [4.78, 5) is 46.1. The highest BCUT2D eigenvalue weighted by molar-refractivity contribution is 6.03. The van der Waals surface area contributed by atoms with Crippen LogP contribution in [0.5, 0.6) is 0 Å². The normalized spacial score (nSPS) is 20.9. The number of likely N-dealkylation sites (tertiary alicyclic amines) is 1. The van der Waals surface area contributed by atoms with Crippen LogP contribution < -0.4 is 10.6 Å². The molecule has 0 bridgehead atoms. The summed E-state index contributed by atoms with van der Waals surface area (Å²) in [6.45, 7) is 8.46. The van der Waals surface area contributed by atoms with Crippen molar-refractivity contribution in [2.75, 3.05) is 26.2 Å². The summed E-state index contributed by atoms with van der Waals surface area (Å²) in [5.41, 5.74) is 1.57. The van der Waals surface area contributed by atoms with Crippen molar-refractivity contribution in [2.24, 2.45) is 5.92 Å². The zero-order valence-electron chi connectivity index (χ0n) is 24.7. The summed E-state index contributed by atoms with van der Waals surface area (Å²) in [6, 6.07) is 12.6. The quantitative estimate of drug-likeness (QED) is 0.463. The standard InChI is InChI=1S/C32H38F3N5O3/c1-4-39-25-19-40(30(42)26(25)27(37-31(39)43)22-10-12-23(13-11-22)32(33,34)35)28(20(2)3)29(41)36-24-14-16-38(17-15-24)18-21-8-6-5-7-9-21/h5-13,20,24,27-28H,4,14-19H2,1-3H3,(H,36,41)(H,37,43)/t27-,28+/m0/s1. The summed E-state index contributed by atoms with van der Waals surface area (Å²) < 4.78 is 39.5. The molecule has 3 aliphatic rings. The Kier molecular flexibility index (Phi) is 8.82. The highest BCUT2D eigenvalue weighted by Crippen LogP contribution is 2.39. The molecule has 2 aromatic rings. The highest BCUT2D eigenvalue weighted by Gasteiger charge is 2.47. The molecule has 2 N–H and O–H groups in total. The lowest BCUT2D eigenvalue weighted by Crippen LogP contribution is -2.55. The largest absolute Gasteiger partial charge is 0.416 e. The molecular formula is C32H38F3N5O3. The first-order chi connectivity index (χ1) is 20.5. The van der Waals surface area contributed by atoms with E-state index in [9.17, 15) is 27.6 Å². The fourth-order valence-corrected chi connectivity index (χ4v) is 6.35. The number of nitrogens with one attached hydrogen (secondary N) is 2. The summed E-state index contributed by atoms with van der Waals surface area (Å²) >= 11 is 0. The van der Waals surface area contributed by atoms with Crippen molar-refractivity contribution in [1.82, 2.24) is 25.3 Å². The number of urea groups is 1. The molecule has 2 atom stereocenters. The number of hydrogen-bond donors (Lipinski definition) is 2. The molecule has 0 saturated carbocycles. The Hall–Kier alpha value is -3.86. The second-order valence-corrected chi connectivity index (χ2v) is 11.8. The predicted octanol–water partition coefficient (Wildman–Crippen LogP) is 4.69. The van der Waals surface area contributed by atoms with Crippen molar-refractivity contribution in [1.29, 1.82) is 0 Å². The van der Waals surface area contributed by atoms with Crippen LogP contribution in [0.2, 0.25) is 0 Å². The van der Waals surface area contributed by atoms with E-state index < -0.39 is 35.8 Å². The van der Waals surface area contributed by atoms with Crippen LogP contribution in [0.1, 0.15) is 56.3 Å². The van der Waals surface area contributed by atoms with E-state index in [4.69, 9.17) is 0 Å². The monoisotopic (exact) mass is 597 g/mol. The van der Waals surface area contributed by atoms with Gasteiger partial charge in [-0.1, -0.05) is 56.3 Å². The van der Waals surface area contributed by atoms with Crippen molar-refractivity contribution in [3.05, 3.63) is 82.6 Å². The topological polar surface area (TPSA) is 85.0 Å². The third kappa shape index (κ3) is 6.41. The summed E-state index contributed by atoms with van der Waals surface area (Å²) in [5, 5.41) is 5.97. The maximum atomic E-state index is 14.0. The van der Waals surface area contributed by atoms with Gasteiger partial charge in [0.05, 0.1) is 29.4 Å². The van der Waals surface area contributed by atoms with Gasteiger partial charge < -0.3 is 15.5 Å². The van der Waals surface area contributed by atoms with Gasteiger partial charge in [0, 0.05) is 32.2 Å². The molecule has 3 aliphatic heterocycles. The minimum Gasteiger partial charge on any atom is -0.351 e. The fraction of sp³-hybridized carbons (Fsp3) is 0.469. The number of carbonyl (C=O) groups is 3. The smallest absolute Gasteiger partial charge is 0.351 e. The van der Waals surface area contributed by atoms with Crippen molar-refractivity contribution in [3.8, 4) is 0 Å². The van der Waals surface area contributed by atoms with Gasteiger partial charge in [0.1, 0.15) is 6.04 Å². The molecule has 1 fully saturated rings. The lowest BCUT2D eigenvalue weighted by atomic mass is 9.94. The van der Waals surface area contributed by atoms with Crippen LogP contribution in [0.25, 0.3) is 0 Å². The molecule has 0 aromatic heterocycles. The average molecular weight is 598 g/mol. The molecule has 4 amide bonds. The third-order valence-electron chi connectivity index (χ3n) is 8.56. The van der Waals surface area contributed by atoms with E-state index in [0.29, 0.717) is 17.8 Å². The Labute approximate surface area is 249 Å². The summed E-state index contributed by atoms with van der Waals surface area (Å²) in [5.74, 6) is -0.852. The zero-order chi connectivity index (χ0) is 30.9. The molecule has 5 rings (SSSR count). The van der Waals surface area contributed by atoms with Gasteiger partial charge in [0.2, 0.25) is 5.91 Å². The number of rotatable bonds is 8. The number of hydrogen-bond acceptors (Lipinski definition) is 4. The van der Waals surface area contributed by atoms with Crippen LogP contribution in [-0.4, -0.2) is 70.8 Å². The van der Waals surface area contributed by atoms with Gasteiger partial charge in [-0.25, -0.2) is 4.79 Å². The van der Waals surface area contributed by atoms with Crippen LogP contribution in [0, 0.1) is 5.92 Å². The average Bonchev–Trinajstić information content (AvgIpc) is 3.29. The minimum atomic E-state index is -4.51. The second kappa shape index (κ2) is 12.4. The Balaban J connectivity index is 1.31. The first-order valence-electron chi connectivity index (χ1n) is 14.8.